The highest BCUT2D eigenvalue weighted by molar-refractivity contribution is 7.98. The van der Waals surface area contributed by atoms with Crippen molar-refractivity contribution < 1.29 is 24.2 Å². The molecule has 0 spiro atoms. The summed E-state index contributed by atoms with van der Waals surface area (Å²) < 4.78 is 6.86. The second-order valence-electron chi connectivity index (χ2n) is 8.13. The van der Waals surface area contributed by atoms with E-state index in [1.807, 2.05) is 42.7 Å². The molecule has 1 aromatic heterocycles. The van der Waals surface area contributed by atoms with Crippen molar-refractivity contribution in [3.8, 4) is 11.1 Å². The number of aliphatic carboxylic acids is 1. The molecule has 35 heavy (non-hydrogen) atoms. The fraction of sp³-hybridized carbons (Fsp3) is 0.280. The number of carbonyl (C=O) groups is 3. The molecule has 0 bridgehead atoms. The van der Waals surface area contributed by atoms with Gasteiger partial charge in [-0.25, -0.2) is 9.59 Å². The summed E-state index contributed by atoms with van der Waals surface area (Å²) in [4.78, 5) is 36.5. The van der Waals surface area contributed by atoms with Crippen LogP contribution in [0.15, 0.2) is 54.6 Å². The summed E-state index contributed by atoms with van der Waals surface area (Å²) in [5.74, 6) is -0.970. The number of aromatic nitrogens is 2. The van der Waals surface area contributed by atoms with Crippen LogP contribution in [0.1, 0.15) is 34.0 Å². The standard InChI is InChI=1S/C25H26N4O5S/c1-29-22(13-21(28-29)23(30)26-20(24(31)32)11-12-35-2)27-25(33)34-14-19-17-9-5-3-7-15(17)16-8-4-6-10-18(16)19/h3-10,13,19-20H,11-12,14H2,1-2H3,(H,26,30)(H,27,33)(H,31,32). The largest absolute Gasteiger partial charge is 0.480 e. The molecule has 10 heteroatoms. The van der Waals surface area contributed by atoms with Crippen molar-refractivity contribution in [1.29, 1.82) is 0 Å². The zero-order chi connectivity index (χ0) is 24.9. The molecule has 3 N–H and O–H groups in total. The summed E-state index contributed by atoms with van der Waals surface area (Å²) in [6.45, 7) is 0.154. The van der Waals surface area contributed by atoms with E-state index in [4.69, 9.17) is 4.74 Å². The summed E-state index contributed by atoms with van der Waals surface area (Å²) >= 11 is 1.49. The van der Waals surface area contributed by atoms with E-state index in [1.54, 1.807) is 7.05 Å². The third-order valence-corrected chi connectivity index (χ3v) is 6.54. The van der Waals surface area contributed by atoms with E-state index in [0.717, 1.165) is 22.3 Å². The number of carboxylic acids is 1. The summed E-state index contributed by atoms with van der Waals surface area (Å²) in [7, 11) is 1.57. The number of amides is 2. The van der Waals surface area contributed by atoms with Crippen LogP contribution < -0.4 is 10.6 Å². The van der Waals surface area contributed by atoms with Gasteiger partial charge in [-0.05, 0) is 40.7 Å². The zero-order valence-electron chi connectivity index (χ0n) is 19.4. The minimum atomic E-state index is -1.11. The van der Waals surface area contributed by atoms with E-state index in [1.165, 1.54) is 22.5 Å². The van der Waals surface area contributed by atoms with Gasteiger partial charge >= 0.3 is 12.1 Å². The van der Waals surface area contributed by atoms with Crippen molar-refractivity contribution in [1.82, 2.24) is 15.1 Å². The Balaban J connectivity index is 1.39. The molecule has 1 aliphatic carbocycles. The molecule has 3 aromatic rings. The Bertz CT molecular complexity index is 1210. The van der Waals surface area contributed by atoms with Crippen LogP contribution in [0.3, 0.4) is 0 Å². The minimum absolute atomic E-state index is 0.00292. The first kappa shape index (κ1) is 24.3. The van der Waals surface area contributed by atoms with Gasteiger partial charge < -0.3 is 15.2 Å². The second kappa shape index (κ2) is 10.6. The summed E-state index contributed by atoms with van der Waals surface area (Å²) in [5, 5.41) is 18.5. The van der Waals surface area contributed by atoms with Gasteiger partial charge in [-0.2, -0.15) is 16.9 Å². The average molecular weight is 495 g/mol. The van der Waals surface area contributed by atoms with Gasteiger partial charge in [0.15, 0.2) is 5.69 Å². The smallest absolute Gasteiger partial charge is 0.412 e. The van der Waals surface area contributed by atoms with Gasteiger partial charge in [0, 0.05) is 19.0 Å². The monoisotopic (exact) mass is 494 g/mol. The van der Waals surface area contributed by atoms with Gasteiger partial charge in [0.25, 0.3) is 5.91 Å². The molecule has 0 saturated heterocycles. The Kier molecular flexibility index (Phi) is 7.40. The molecular formula is C25H26N4O5S. The van der Waals surface area contributed by atoms with E-state index >= 15 is 0 Å². The predicted octanol–water partition coefficient (Wildman–Crippen LogP) is 3.72. The maximum atomic E-state index is 12.6. The predicted molar refractivity (Wildman–Crippen MR) is 134 cm³/mol. The molecule has 1 aliphatic rings. The molecule has 1 atom stereocenters. The molecule has 1 unspecified atom stereocenters. The highest BCUT2D eigenvalue weighted by atomic mass is 32.2. The fourth-order valence-electron chi connectivity index (χ4n) is 4.16. The van der Waals surface area contributed by atoms with Crippen LogP contribution >= 0.6 is 11.8 Å². The number of carboxylic acid groups (broad SMARTS) is 1. The molecule has 2 amide bonds. The number of nitrogens with one attached hydrogen (secondary N) is 2. The zero-order valence-corrected chi connectivity index (χ0v) is 20.2. The van der Waals surface area contributed by atoms with E-state index in [0.29, 0.717) is 12.2 Å². The quantitative estimate of drug-likeness (QED) is 0.414. The summed E-state index contributed by atoms with van der Waals surface area (Å²) in [5.41, 5.74) is 4.48. The maximum absolute atomic E-state index is 12.6. The van der Waals surface area contributed by atoms with Crippen molar-refractivity contribution in [3.63, 3.8) is 0 Å². The van der Waals surface area contributed by atoms with Gasteiger partial charge in [-0.15, -0.1) is 0 Å². The van der Waals surface area contributed by atoms with E-state index in [-0.39, 0.29) is 24.0 Å². The fourth-order valence-corrected chi connectivity index (χ4v) is 4.63. The third-order valence-electron chi connectivity index (χ3n) is 5.90. The van der Waals surface area contributed by atoms with Crippen molar-refractivity contribution in [2.75, 3.05) is 23.9 Å². The molecule has 9 nitrogen and oxygen atoms in total. The number of carbonyl (C=O) groups excluding carboxylic acids is 2. The molecule has 0 aliphatic heterocycles. The highest BCUT2D eigenvalue weighted by Crippen LogP contribution is 2.44. The van der Waals surface area contributed by atoms with Crippen molar-refractivity contribution in [2.24, 2.45) is 7.05 Å². The van der Waals surface area contributed by atoms with Crippen molar-refractivity contribution >= 4 is 35.5 Å². The lowest BCUT2D eigenvalue weighted by Gasteiger charge is -2.14. The number of benzene rings is 2. The topological polar surface area (TPSA) is 123 Å². The third kappa shape index (κ3) is 5.32. The number of thioether (sulfide) groups is 1. The first-order chi connectivity index (χ1) is 16.9. The molecule has 0 radical (unpaired) electrons. The first-order valence-electron chi connectivity index (χ1n) is 11.1. The van der Waals surface area contributed by atoms with Crippen molar-refractivity contribution in [3.05, 3.63) is 71.4 Å². The molecule has 182 valence electrons. The number of hydrogen-bond donors (Lipinski definition) is 3. The molecular weight excluding hydrogens is 468 g/mol. The lowest BCUT2D eigenvalue weighted by atomic mass is 9.98. The number of fused-ring (bicyclic) bond motifs is 3. The van der Waals surface area contributed by atoms with Crippen LogP contribution in [-0.2, 0) is 16.6 Å². The van der Waals surface area contributed by atoms with Gasteiger partial charge in [-0.1, -0.05) is 48.5 Å². The van der Waals surface area contributed by atoms with Gasteiger partial charge in [-0.3, -0.25) is 14.8 Å². The number of hydrogen-bond acceptors (Lipinski definition) is 6. The van der Waals surface area contributed by atoms with E-state index in [2.05, 4.69) is 27.9 Å². The SMILES string of the molecule is CSCCC(NC(=O)c1cc(NC(=O)OCC2c3ccccc3-c3ccccc32)n(C)n1)C(=O)O. The molecule has 2 aromatic carbocycles. The molecule has 0 fully saturated rings. The van der Waals surface area contributed by atoms with Gasteiger partial charge in [0.2, 0.25) is 0 Å². The molecule has 0 saturated carbocycles. The number of rotatable bonds is 9. The van der Waals surface area contributed by atoms with Gasteiger partial charge in [0.05, 0.1) is 0 Å². The number of nitrogens with zero attached hydrogens (tertiary/aromatic N) is 2. The molecule has 1 heterocycles. The Labute approximate surface area is 206 Å². The van der Waals surface area contributed by atoms with Crippen LogP contribution in [0.4, 0.5) is 10.6 Å². The minimum Gasteiger partial charge on any atom is -0.480 e. The Morgan fingerprint density at radius 3 is 2.34 bits per heavy atom. The number of anilines is 1. The van der Waals surface area contributed by atoms with Crippen LogP contribution in [0, 0.1) is 0 Å². The van der Waals surface area contributed by atoms with E-state index < -0.39 is 24.0 Å². The normalized spacial score (nSPS) is 13.0. The Hall–Kier alpha value is -3.79. The van der Waals surface area contributed by atoms with Crippen LogP contribution in [0.25, 0.3) is 11.1 Å². The van der Waals surface area contributed by atoms with Gasteiger partial charge in [0.1, 0.15) is 18.5 Å². The Morgan fingerprint density at radius 2 is 1.74 bits per heavy atom. The van der Waals surface area contributed by atoms with Crippen LogP contribution in [0.2, 0.25) is 0 Å². The summed E-state index contributed by atoms with van der Waals surface area (Å²) in [6, 6.07) is 16.5. The Morgan fingerprint density at radius 1 is 1.11 bits per heavy atom. The van der Waals surface area contributed by atoms with Crippen LogP contribution in [0.5, 0.6) is 0 Å². The van der Waals surface area contributed by atoms with Crippen molar-refractivity contribution in [2.45, 2.75) is 18.4 Å². The van der Waals surface area contributed by atoms with Crippen LogP contribution in [-0.4, -0.2) is 57.5 Å². The second-order valence-corrected chi connectivity index (χ2v) is 9.12. The lowest BCUT2D eigenvalue weighted by Crippen LogP contribution is -2.41. The number of ether oxygens (including phenoxy) is 1. The molecule has 4 rings (SSSR count). The first-order valence-corrected chi connectivity index (χ1v) is 12.5. The maximum Gasteiger partial charge on any atom is 0.412 e. The number of aryl methyl sites for hydroxylation is 1. The lowest BCUT2D eigenvalue weighted by molar-refractivity contribution is -0.139. The summed E-state index contributed by atoms with van der Waals surface area (Å²) in [6.07, 6.45) is 1.48. The van der Waals surface area contributed by atoms with E-state index in [9.17, 15) is 19.5 Å². The highest BCUT2D eigenvalue weighted by Gasteiger charge is 2.29. The average Bonchev–Trinajstić information content (AvgIpc) is 3.37.